The standard InChI is InChI=1S/C26H23ClN2O4S/c1-16-4-9-20(10-5-16)24-18(3)26(31)29(34(24,32)33)15-19-7-11-21(12-8-19)25(30)28-22-13-6-17(2)23(27)14-22/h4-14H,15H2,1-3H3,(H,28,30). The fourth-order valence-electron chi connectivity index (χ4n) is 3.73. The van der Waals surface area contributed by atoms with Crippen LogP contribution in [0.1, 0.15) is 39.5 Å². The van der Waals surface area contributed by atoms with Gasteiger partial charge in [0.2, 0.25) is 0 Å². The van der Waals surface area contributed by atoms with E-state index in [0.717, 1.165) is 15.4 Å². The fraction of sp³-hybridized carbons (Fsp3) is 0.154. The monoisotopic (exact) mass is 494 g/mol. The van der Waals surface area contributed by atoms with Gasteiger partial charge in [0, 0.05) is 21.8 Å². The van der Waals surface area contributed by atoms with E-state index in [4.69, 9.17) is 11.6 Å². The van der Waals surface area contributed by atoms with Crippen molar-refractivity contribution in [2.45, 2.75) is 27.3 Å². The minimum absolute atomic E-state index is 0.0326. The summed E-state index contributed by atoms with van der Waals surface area (Å²) in [7, 11) is -3.99. The van der Waals surface area contributed by atoms with Crippen LogP contribution in [0.25, 0.3) is 4.91 Å². The van der Waals surface area contributed by atoms with Crippen molar-refractivity contribution in [1.82, 2.24) is 4.31 Å². The lowest BCUT2D eigenvalue weighted by atomic mass is 10.1. The van der Waals surface area contributed by atoms with Crippen molar-refractivity contribution in [2.24, 2.45) is 0 Å². The molecule has 0 spiro atoms. The number of sulfonamides is 1. The van der Waals surface area contributed by atoms with E-state index in [1.165, 1.54) is 6.92 Å². The maximum absolute atomic E-state index is 13.2. The van der Waals surface area contributed by atoms with Gasteiger partial charge in [-0.2, -0.15) is 0 Å². The molecule has 0 saturated carbocycles. The Morgan fingerprint density at radius 3 is 2.21 bits per heavy atom. The summed E-state index contributed by atoms with van der Waals surface area (Å²) in [6, 6.07) is 18.7. The molecule has 174 valence electrons. The third kappa shape index (κ3) is 4.49. The summed E-state index contributed by atoms with van der Waals surface area (Å²) in [4.78, 5) is 25.4. The van der Waals surface area contributed by atoms with Gasteiger partial charge in [0.25, 0.3) is 21.8 Å². The second-order valence-corrected chi connectivity index (χ2v) is 10.5. The Balaban J connectivity index is 1.51. The van der Waals surface area contributed by atoms with E-state index in [9.17, 15) is 18.0 Å². The molecule has 34 heavy (non-hydrogen) atoms. The highest BCUT2D eigenvalue weighted by atomic mass is 35.5. The number of carbonyl (C=O) groups excluding carboxylic acids is 2. The normalized spacial score (nSPS) is 15.1. The number of carbonyl (C=O) groups is 2. The quantitative estimate of drug-likeness (QED) is 0.520. The predicted molar refractivity (Wildman–Crippen MR) is 134 cm³/mol. The molecule has 4 rings (SSSR count). The van der Waals surface area contributed by atoms with Crippen LogP contribution in [0.5, 0.6) is 0 Å². The predicted octanol–water partition coefficient (Wildman–Crippen LogP) is 5.31. The van der Waals surface area contributed by atoms with Gasteiger partial charge in [0.15, 0.2) is 0 Å². The van der Waals surface area contributed by atoms with Gasteiger partial charge in [-0.15, -0.1) is 0 Å². The van der Waals surface area contributed by atoms with Crippen LogP contribution in [0.4, 0.5) is 5.69 Å². The number of benzene rings is 3. The first-order valence-corrected chi connectivity index (χ1v) is 12.4. The number of hydrogen-bond acceptors (Lipinski definition) is 4. The molecule has 0 aromatic heterocycles. The lowest BCUT2D eigenvalue weighted by Crippen LogP contribution is -2.30. The second-order valence-electron chi connectivity index (χ2n) is 8.25. The SMILES string of the molecule is CC1=C(c2ccc(C)cc2)S(=O)(=O)N(Cc2ccc(C(=O)Nc3ccc(C)c(Cl)c3)cc2)C1=O. The minimum Gasteiger partial charge on any atom is -0.322 e. The van der Waals surface area contributed by atoms with Gasteiger partial charge < -0.3 is 5.32 Å². The fourth-order valence-corrected chi connectivity index (χ4v) is 5.71. The Morgan fingerprint density at radius 1 is 0.941 bits per heavy atom. The number of rotatable bonds is 5. The average Bonchev–Trinajstić information content (AvgIpc) is 2.96. The lowest BCUT2D eigenvalue weighted by Gasteiger charge is -2.17. The van der Waals surface area contributed by atoms with E-state index in [1.807, 2.05) is 32.0 Å². The van der Waals surface area contributed by atoms with Crippen LogP contribution < -0.4 is 5.32 Å². The second kappa shape index (κ2) is 9.08. The topological polar surface area (TPSA) is 83.6 Å². The van der Waals surface area contributed by atoms with E-state index < -0.39 is 15.9 Å². The van der Waals surface area contributed by atoms with Crippen molar-refractivity contribution in [3.05, 3.63) is 105 Å². The molecule has 1 heterocycles. The number of nitrogens with one attached hydrogen (secondary N) is 1. The van der Waals surface area contributed by atoms with Gasteiger partial charge in [-0.25, -0.2) is 12.7 Å². The maximum Gasteiger partial charge on any atom is 0.268 e. The lowest BCUT2D eigenvalue weighted by molar-refractivity contribution is -0.122. The molecule has 0 bridgehead atoms. The first-order chi connectivity index (χ1) is 16.1. The number of hydrogen-bond donors (Lipinski definition) is 1. The molecule has 1 aliphatic rings. The summed E-state index contributed by atoms with van der Waals surface area (Å²) < 4.78 is 27.3. The summed E-state index contributed by atoms with van der Waals surface area (Å²) in [5.41, 5.74) is 4.14. The van der Waals surface area contributed by atoms with E-state index in [0.29, 0.717) is 27.4 Å². The van der Waals surface area contributed by atoms with Crippen molar-refractivity contribution in [1.29, 1.82) is 0 Å². The summed E-state index contributed by atoms with van der Waals surface area (Å²) in [5.74, 6) is -0.871. The van der Waals surface area contributed by atoms with Gasteiger partial charge >= 0.3 is 0 Å². The van der Waals surface area contributed by atoms with Crippen LogP contribution in [0.15, 0.2) is 72.3 Å². The molecule has 0 aliphatic carbocycles. The molecule has 2 amide bonds. The average molecular weight is 495 g/mol. The van der Waals surface area contributed by atoms with Crippen LogP contribution in [-0.4, -0.2) is 24.5 Å². The molecule has 0 saturated heterocycles. The van der Waals surface area contributed by atoms with Gasteiger partial charge in [0.05, 0.1) is 6.54 Å². The number of amides is 2. The highest BCUT2D eigenvalue weighted by Gasteiger charge is 2.42. The molecule has 1 aliphatic heterocycles. The third-order valence-electron chi connectivity index (χ3n) is 5.72. The van der Waals surface area contributed by atoms with Crippen molar-refractivity contribution < 1.29 is 18.0 Å². The number of aryl methyl sites for hydroxylation is 2. The Kier molecular flexibility index (Phi) is 6.34. The number of halogens is 1. The zero-order valence-electron chi connectivity index (χ0n) is 18.9. The molecular formula is C26H23ClN2O4S. The first-order valence-electron chi connectivity index (χ1n) is 10.6. The first kappa shape index (κ1) is 23.7. The van der Waals surface area contributed by atoms with Crippen LogP contribution in [0.3, 0.4) is 0 Å². The molecule has 3 aromatic rings. The smallest absolute Gasteiger partial charge is 0.268 e. The molecule has 0 radical (unpaired) electrons. The molecule has 0 fully saturated rings. The molecular weight excluding hydrogens is 472 g/mol. The molecule has 1 N–H and O–H groups in total. The van der Waals surface area contributed by atoms with Crippen LogP contribution in [0, 0.1) is 13.8 Å². The molecule has 3 aromatic carbocycles. The van der Waals surface area contributed by atoms with E-state index in [2.05, 4.69) is 5.32 Å². The van der Waals surface area contributed by atoms with Gasteiger partial charge in [-0.05, 0) is 61.7 Å². The summed E-state index contributed by atoms with van der Waals surface area (Å²) in [6.07, 6.45) is 0. The molecule has 0 atom stereocenters. The van der Waals surface area contributed by atoms with Crippen molar-refractivity contribution in [3.63, 3.8) is 0 Å². The summed E-state index contributed by atoms with van der Waals surface area (Å²) in [6.45, 7) is 5.19. The van der Waals surface area contributed by atoms with E-state index >= 15 is 0 Å². The molecule has 6 nitrogen and oxygen atoms in total. The van der Waals surface area contributed by atoms with Crippen molar-refractivity contribution in [2.75, 3.05) is 5.32 Å². The van der Waals surface area contributed by atoms with Crippen LogP contribution in [-0.2, 0) is 21.4 Å². The number of nitrogens with zero attached hydrogens (tertiary/aromatic N) is 1. The van der Waals surface area contributed by atoms with Gasteiger partial charge in [-0.1, -0.05) is 59.6 Å². The summed E-state index contributed by atoms with van der Waals surface area (Å²) >= 11 is 6.11. The highest BCUT2D eigenvalue weighted by Crippen LogP contribution is 2.36. The Labute approximate surface area is 203 Å². The van der Waals surface area contributed by atoms with Gasteiger partial charge in [0.1, 0.15) is 4.91 Å². The largest absolute Gasteiger partial charge is 0.322 e. The van der Waals surface area contributed by atoms with E-state index in [-0.39, 0.29) is 22.9 Å². The van der Waals surface area contributed by atoms with Crippen LogP contribution >= 0.6 is 11.6 Å². The van der Waals surface area contributed by atoms with Crippen LogP contribution in [0.2, 0.25) is 5.02 Å². The zero-order chi connectivity index (χ0) is 24.6. The Hall–Kier alpha value is -3.42. The molecule has 8 heteroatoms. The number of anilines is 1. The van der Waals surface area contributed by atoms with Gasteiger partial charge in [-0.3, -0.25) is 9.59 Å². The maximum atomic E-state index is 13.2. The van der Waals surface area contributed by atoms with Crippen molar-refractivity contribution >= 4 is 44.0 Å². The molecule has 0 unspecified atom stereocenters. The summed E-state index contributed by atoms with van der Waals surface area (Å²) in [5, 5.41) is 3.34. The third-order valence-corrected chi connectivity index (χ3v) is 8.06. The highest BCUT2D eigenvalue weighted by molar-refractivity contribution is 7.99. The van der Waals surface area contributed by atoms with Crippen molar-refractivity contribution in [3.8, 4) is 0 Å². The zero-order valence-corrected chi connectivity index (χ0v) is 20.5. The Bertz CT molecular complexity index is 1430. The Morgan fingerprint density at radius 2 is 1.59 bits per heavy atom. The minimum atomic E-state index is -3.99. The van der Waals surface area contributed by atoms with E-state index in [1.54, 1.807) is 48.5 Å².